The van der Waals surface area contributed by atoms with Crippen LogP contribution in [0.3, 0.4) is 0 Å². The summed E-state index contributed by atoms with van der Waals surface area (Å²) in [6, 6.07) is 12.8. The predicted octanol–water partition coefficient (Wildman–Crippen LogP) is 3.65. The number of carbonyl (C=O) groups excluding carboxylic acids is 4. The maximum atomic E-state index is 13.2. The molecule has 0 bridgehead atoms. The number of nitrogens with zero attached hydrogens (tertiary/aromatic N) is 8. The van der Waals surface area contributed by atoms with Crippen LogP contribution in [0.15, 0.2) is 55.0 Å². The van der Waals surface area contributed by atoms with E-state index in [0.29, 0.717) is 48.7 Å². The van der Waals surface area contributed by atoms with Gasteiger partial charge < -0.3 is 24.2 Å². The molecule has 4 amide bonds. The molecule has 3 aromatic heterocycles. The molecule has 1 unspecified atom stereocenters. The molecule has 4 aliphatic rings. The van der Waals surface area contributed by atoms with Crippen LogP contribution in [0.25, 0.3) is 16.6 Å². The zero-order valence-electron chi connectivity index (χ0n) is 32.4. The molecule has 57 heavy (non-hydrogen) atoms. The Morgan fingerprint density at radius 3 is 2.47 bits per heavy atom. The number of pyridine rings is 2. The lowest BCUT2D eigenvalue weighted by Gasteiger charge is -2.46. The molecule has 0 radical (unpaired) electrons. The number of benzene rings is 1. The molecule has 1 aromatic carbocycles. The summed E-state index contributed by atoms with van der Waals surface area (Å²) >= 11 is 0. The third-order valence-corrected chi connectivity index (χ3v) is 12.1. The van der Waals surface area contributed by atoms with Gasteiger partial charge in [-0.3, -0.25) is 29.4 Å². The van der Waals surface area contributed by atoms with Crippen LogP contribution in [0.4, 0.5) is 5.82 Å². The lowest BCUT2D eigenvalue weighted by Crippen LogP contribution is -2.54. The highest BCUT2D eigenvalue weighted by Crippen LogP contribution is 2.38. The molecule has 296 valence electrons. The molecule has 7 heterocycles. The van der Waals surface area contributed by atoms with Crippen molar-refractivity contribution in [1.82, 2.24) is 34.6 Å². The van der Waals surface area contributed by atoms with Crippen LogP contribution >= 0.6 is 0 Å². The number of piperidine rings is 2. The van der Waals surface area contributed by atoms with Crippen molar-refractivity contribution in [3.8, 4) is 28.7 Å². The van der Waals surface area contributed by atoms with E-state index in [2.05, 4.69) is 45.3 Å². The third kappa shape index (κ3) is 7.61. The van der Waals surface area contributed by atoms with Gasteiger partial charge in [0.2, 0.25) is 11.8 Å². The first-order valence-corrected chi connectivity index (χ1v) is 19.8. The number of ether oxygens (including phenoxy) is 2. The van der Waals surface area contributed by atoms with Crippen molar-refractivity contribution in [2.45, 2.75) is 58.5 Å². The van der Waals surface area contributed by atoms with Gasteiger partial charge in [0.05, 0.1) is 30.1 Å². The normalized spacial score (nSPS) is 19.7. The molecule has 1 N–H and O–H groups in total. The Hall–Kier alpha value is -6.01. The molecule has 8 rings (SSSR count). The van der Waals surface area contributed by atoms with Crippen LogP contribution < -0.4 is 19.7 Å². The van der Waals surface area contributed by atoms with E-state index in [0.717, 1.165) is 80.0 Å². The highest BCUT2D eigenvalue weighted by molar-refractivity contribution is 6.05. The zero-order valence-corrected chi connectivity index (χ0v) is 32.4. The number of hydrogen-bond acceptors (Lipinski definition) is 11. The summed E-state index contributed by atoms with van der Waals surface area (Å²) in [7, 11) is 0. The number of hydrogen-bond donors (Lipinski definition) is 1. The van der Waals surface area contributed by atoms with Gasteiger partial charge >= 0.3 is 0 Å². The van der Waals surface area contributed by atoms with Crippen molar-refractivity contribution in [2.24, 2.45) is 5.41 Å². The predicted molar refractivity (Wildman–Crippen MR) is 209 cm³/mol. The quantitative estimate of drug-likeness (QED) is 0.221. The van der Waals surface area contributed by atoms with E-state index < -0.39 is 11.9 Å². The van der Waals surface area contributed by atoms with Gasteiger partial charge in [0.1, 0.15) is 29.4 Å². The van der Waals surface area contributed by atoms with Gasteiger partial charge in [-0.1, -0.05) is 6.92 Å². The van der Waals surface area contributed by atoms with E-state index in [-0.39, 0.29) is 42.7 Å². The monoisotopic (exact) mass is 773 g/mol. The Morgan fingerprint density at radius 2 is 1.77 bits per heavy atom. The maximum absolute atomic E-state index is 13.2. The van der Waals surface area contributed by atoms with Crippen LogP contribution in [0.5, 0.6) is 11.5 Å². The second-order valence-electron chi connectivity index (χ2n) is 15.4. The van der Waals surface area contributed by atoms with Crippen molar-refractivity contribution in [1.29, 1.82) is 5.26 Å². The summed E-state index contributed by atoms with van der Waals surface area (Å²) in [5, 5.41) is 16.4. The number of piperazine rings is 1. The number of imide groups is 1. The Labute approximate surface area is 331 Å². The highest BCUT2D eigenvalue weighted by atomic mass is 16.5. The van der Waals surface area contributed by atoms with Crippen molar-refractivity contribution in [2.75, 3.05) is 63.9 Å². The molecule has 0 saturated carbocycles. The van der Waals surface area contributed by atoms with E-state index in [1.807, 2.05) is 24.1 Å². The van der Waals surface area contributed by atoms with E-state index in [4.69, 9.17) is 14.5 Å². The Bertz CT molecular complexity index is 2230. The van der Waals surface area contributed by atoms with Gasteiger partial charge in [0.25, 0.3) is 11.8 Å². The average molecular weight is 774 g/mol. The summed E-state index contributed by atoms with van der Waals surface area (Å²) in [5.74, 6) is 1.03. The van der Waals surface area contributed by atoms with Crippen molar-refractivity contribution >= 4 is 35.0 Å². The van der Waals surface area contributed by atoms with Crippen molar-refractivity contribution in [3.05, 3.63) is 71.7 Å². The number of nitriles is 1. The number of nitrogens with one attached hydrogen (secondary N) is 1. The van der Waals surface area contributed by atoms with Crippen LogP contribution in [0.2, 0.25) is 0 Å². The average Bonchev–Trinajstić information content (AvgIpc) is 3.80. The van der Waals surface area contributed by atoms with Gasteiger partial charge in [0.15, 0.2) is 6.61 Å². The summed E-state index contributed by atoms with van der Waals surface area (Å²) < 4.78 is 13.4. The molecule has 15 heteroatoms. The molecule has 4 aliphatic heterocycles. The molecule has 1 atom stereocenters. The van der Waals surface area contributed by atoms with Gasteiger partial charge in [-0.2, -0.15) is 10.4 Å². The molecular weight excluding hydrogens is 727 g/mol. The summed E-state index contributed by atoms with van der Waals surface area (Å²) in [4.78, 5) is 63.3. The molecule has 3 saturated heterocycles. The summed E-state index contributed by atoms with van der Waals surface area (Å²) in [5.41, 5.74) is 4.41. The van der Waals surface area contributed by atoms with Crippen molar-refractivity contribution < 1.29 is 28.7 Å². The van der Waals surface area contributed by atoms with Gasteiger partial charge in [-0.05, 0) is 80.0 Å². The second kappa shape index (κ2) is 15.9. The molecule has 4 aromatic rings. The fraction of sp³-hybridized carbons (Fsp3) is 0.452. The Kier molecular flexibility index (Phi) is 10.5. The highest BCUT2D eigenvalue weighted by Gasteiger charge is 2.40. The number of aromatic nitrogens is 3. The fourth-order valence-electron chi connectivity index (χ4n) is 8.72. The largest absolute Gasteiger partial charge is 0.492 e. The summed E-state index contributed by atoms with van der Waals surface area (Å²) in [6.45, 7) is 10.6. The minimum atomic E-state index is -0.679. The van der Waals surface area contributed by atoms with Gasteiger partial charge in [-0.25, -0.2) is 9.50 Å². The van der Waals surface area contributed by atoms with E-state index in [1.165, 1.54) is 4.90 Å². The van der Waals surface area contributed by atoms with Crippen LogP contribution in [0.1, 0.15) is 67.4 Å². The molecule has 0 spiro atoms. The molecule has 3 fully saturated rings. The second-order valence-corrected chi connectivity index (χ2v) is 15.4. The van der Waals surface area contributed by atoms with Gasteiger partial charge in [-0.15, -0.1) is 0 Å². The lowest BCUT2D eigenvalue weighted by molar-refractivity contribution is -0.137. The number of fused-ring (bicyclic) bond motifs is 2. The van der Waals surface area contributed by atoms with Gasteiger partial charge in [0, 0.05) is 81.7 Å². The maximum Gasteiger partial charge on any atom is 0.260 e. The molecular formula is C42H47N9O6. The van der Waals surface area contributed by atoms with Crippen molar-refractivity contribution in [3.63, 3.8) is 0 Å². The van der Waals surface area contributed by atoms with Crippen LogP contribution in [0, 0.1) is 16.7 Å². The number of carbonyl (C=O) groups is 4. The zero-order chi connectivity index (χ0) is 39.7. The van der Waals surface area contributed by atoms with E-state index in [1.54, 1.807) is 35.1 Å². The first kappa shape index (κ1) is 37.9. The molecule has 0 aliphatic carbocycles. The number of anilines is 1. The summed E-state index contributed by atoms with van der Waals surface area (Å²) in [6.07, 6.45) is 8.92. The minimum absolute atomic E-state index is 0.0736. The molecule has 15 nitrogen and oxygen atoms in total. The Morgan fingerprint density at radius 1 is 0.965 bits per heavy atom. The lowest BCUT2D eigenvalue weighted by atomic mass is 9.75. The van der Waals surface area contributed by atoms with E-state index in [9.17, 15) is 24.4 Å². The third-order valence-electron chi connectivity index (χ3n) is 12.1. The van der Waals surface area contributed by atoms with E-state index >= 15 is 0 Å². The SMILES string of the molecule is CCOc1cc(-c2ccc(N3CCC(CC)(CN4CCN(C(=O)COc5ccc6c(c5)CN(C5CCC(=O)NC5=O)C6=O)CC4)CC3)nc2)c2c(C#N)cnn2c1. The minimum Gasteiger partial charge on any atom is -0.492 e. The number of amides is 4. The number of rotatable bonds is 11. The first-order valence-electron chi connectivity index (χ1n) is 19.8. The fourth-order valence-corrected chi connectivity index (χ4v) is 8.72. The first-order chi connectivity index (χ1) is 27.7. The van der Waals surface area contributed by atoms with Crippen LogP contribution in [-0.2, 0) is 20.9 Å². The topological polar surface area (TPSA) is 166 Å². The smallest absolute Gasteiger partial charge is 0.260 e. The van der Waals surface area contributed by atoms with Crippen LogP contribution in [-0.4, -0.2) is 118 Å². The standard InChI is InChI=1S/C42H47N9O6/c1-3-42(11-13-48(14-12-42)36-9-5-28(22-44-36)34-20-32(56-4-2)25-51-39(34)30(21-43)23-45-51)27-47-15-17-49(18-16-47)38(53)26-57-31-6-7-33-29(19-31)24-50(41(33)55)35-8-10-37(52)46-40(35)54/h5-7,9,19-20,22-23,25,35H,3-4,8,10-18,24,26-27H2,1-2H3,(H,46,52,54). The Balaban J connectivity index is 0.813.